The van der Waals surface area contributed by atoms with Gasteiger partial charge in [0, 0.05) is 70.0 Å². The number of carbonyl (C=O) groups is 4. The van der Waals surface area contributed by atoms with Gasteiger partial charge in [-0.05, 0) is 75.0 Å². The van der Waals surface area contributed by atoms with Gasteiger partial charge in [0.15, 0.2) is 0 Å². The van der Waals surface area contributed by atoms with E-state index < -0.39 is 11.9 Å². The lowest BCUT2D eigenvalue weighted by Gasteiger charge is -2.06. The second kappa shape index (κ2) is 12.4. The molecule has 4 rings (SSSR count). The Morgan fingerprint density at radius 3 is 1.93 bits per heavy atom. The molecular formula is C33H36N4O6. The number of carboxylic acid groups (broad SMARTS) is 2. The number of carboxylic acids is 2. The van der Waals surface area contributed by atoms with E-state index in [-0.39, 0.29) is 37.5 Å². The van der Waals surface area contributed by atoms with Crippen LogP contribution in [0.5, 0.6) is 0 Å². The molecule has 4 heterocycles. The number of allylic oxidation sites excluding steroid dienone is 2. The molecule has 0 atom stereocenters. The normalized spacial score (nSPS) is 16.8. The van der Waals surface area contributed by atoms with Gasteiger partial charge in [-0.3, -0.25) is 19.2 Å². The average Bonchev–Trinajstić information content (AvgIpc) is 3.59. The fraction of sp³-hybridized carbons (Fsp3) is 0.273. The summed E-state index contributed by atoms with van der Waals surface area (Å²) < 4.78 is 0. The SMILES string of the molecule is C=CC1=C(C)C(=O)NC1=Cc1[nH]c(Cc2[nH]c(C=C3NC(=O)C(C)=C3CCC(=O)O)c(CCC(=O)O)c2C)c(C)c1C=C. The molecular weight excluding hydrogens is 548 g/mol. The van der Waals surface area contributed by atoms with Crippen molar-refractivity contribution in [3.05, 3.63) is 97.9 Å². The molecule has 0 bridgehead atoms. The van der Waals surface area contributed by atoms with Crippen molar-refractivity contribution in [2.75, 3.05) is 0 Å². The number of aliphatic carboxylic acids is 2. The number of nitrogens with one attached hydrogen (secondary N) is 4. The number of hydrogen-bond acceptors (Lipinski definition) is 4. The number of carbonyl (C=O) groups excluding carboxylic acids is 2. The predicted molar refractivity (Wildman–Crippen MR) is 165 cm³/mol. The van der Waals surface area contributed by atoms with Crippen molar-refractivity contribution in [1.29, 1.82) is 0 Å². The van der Waals surface area contributed by atoms with Gasteiger partial charge < -0.3 is 30.8 Å². The average molecular weight is 585 g/mol. The van der Waals surface area contributed by atoms with Crippen molar-refractivity contribution in [1.82, 2.24) is 20.6 Å². The number of H-pyrrole nitrogens is 2. The molecule has 2 aromatic heterocycles. The lowest BCUT2D eigenvalue weighted by molar-refractivity contribution is -0.138. The smallest absolute Gasteiger partial charge is 0.303 e. The summed E-state index contributed by atoms with van der Waals surface area (Å²) in [5, 5.41) is 24.3. The molecule has 0 fully saturated rings. The lowest BCUT2D eigenvalue weighted by atomic mass is 9.99. The third-order valence-corrected chi connectivity index (χ3v) is 8.11. The molecule has 2 aliphatic rings. The molecule has 0 saturated carbocycles. The Kier molecular flexibility index (Phi) is 8.89. The Morgan fingerprint density at radius 1 is 0.744 bits per heavy atom. The lowest BCUT2D eigenvalue weighted by Crippen LogP contribution is -2.15. The summed E-state index contributed by atoms with van der Waals surface area (Å²) in [4.78, 5) is 54.3. The number of aromatic amines is 2. The number of hydrogen-bond donors (Lipinski definition) is 6. The first-order chi connectivity index (χ1) is 20.4. The van der Waals surface area contributed by atoms with E-state index in [9.17, 15) is 29.4 Å². The van der Waals surface area contributed by atoms with Gasteiger partial charge in [-0.25, -0.2) is 0 Å². The van der Waals surface area contributed by atoms with Crippen LogP contribution in [0.4, 0.5) is 0 Å². The van der Waals surface area contributed by atoms with Crippen LogP contribution < -0.4 is 10.6 Å². The Bertz CT molecular complexity index is 1710. The minimum atomic E-state index is -0.962. The fourth-order valence-electron chi connectivity index (χ4n) is 5.57. The zero-order chi connectivity index (χ0) is 31.6. The summed E-state index contributed by atoms with van der Waals surface area (Å²) >= 11 is 0. The Morgan fingerprint density at radius 2 is 1.30 bits per heavy atom. The molecule has 10 nitrogen and oxygen atoms in total. The Labute approximate surface area is 249 Å². The van der Waals surface area contributed by atoms with Crippen molar-refractivity contribution in [2.45, 2.75) is 59.8 Å². The van der Waals surface area contributed by atoms with Crippen LogP contribution in [0, 0.1) is 13.8 Å². The maximum Gasteiger partial charge on any atom is 0.303 e. The quantitative estimate of drug-likeness (QED) is 0.209. The summed E-state index contributed by atoms with van der Waals surface area (Å²) in [6.07, 6.45) is 7.76. The molecule has 0 radical (unpaired) electrons. The highest BCUT2D eigenvalue weighted by atomic mass is 16.4. The van der Waals surface area contributed by atoms with Gasteiger partial charge in [0.1, 0.15) is 0 Å². The van der Waals surface area contributed by atoms with E-state index in [1.165, 1.54) is 0 Å². The van der Waals surface area contributed by atoms with E-state index in [2.05, 4.69) is 33.8 Å². The van der Waals surface area contributed by atoms with Crippen molar-refractivity contribution in [2.24, 2.45) is 0 Å². The van der Waals surface area contributed by atoms with Crippen LogP contribution in [0.25, 0.3) is 18.2 Å². The molecule has 2 amide bonds. The van der Waals surface area contributed by atoms with Crippen LogP contribution in [-0.2, 0) is 32.0 Å². The molecule has 0 spiro atoms. The summed E-state index contributed by atoms with van der Waals surface area (Å²) in [7, 11) is 0. The minimum Gasteiger partial charge on any atom is -0.481 e. The molecule has 0 unspecified atom stereocenters. The van der Waals surface area contributed by atoms with E-state index in [1.807, 2.05) is 19.9 Å². The maximum absolute atomic E-state index is 12.4. The second-order valence-corrected chi connectivity index (χ2v) is 10.7. The molecule has 43 heavy (non-hydrogen) atoms. The van der Waals surface area contributed by atoms with E-state index >= 15 is 0 Å². The molecule has 224 valence electrons. The summed E-state index contributed by atoms with van der Waals surface area (Å²) in [5.74, 6) is -2.34. The summed E-state index contributed by atoms with van der Waals surface area (Å²) in [5.41, 5.74) is 10.4. The zero-order valence-corrected chi connectivity index (χ0v) is 24.8. The van der Waals surface area contributed by atoms with Crippen molar-refractivity contribution in [3.63, 3.8) is 0 Å². The van der Waals surface area contributed by atoms with Gasteiger partial charge >= 0.3 is 11.9 Å². The van der Waals surface area contributed by atoms with E-state index in [0.29, 0.717) is 40.2 Å². The van der Waals surface area contributed by atoms with Crippen molar-refractivity contribution in [3.8, 4) is 0 Å². The second-order valence-electron chi connectivity index (χ2n) is 10.7. The fourth-order valence-corrected chi connectivity index (χ4v) is 5.57. The van der Waals surface area contributed by atoms with Gasteiger partial charge in [-0.1, -0.05) is 25.3 Å². The standard InChI is InChI=1S/C33H36N4O6/c1-7-20-16(3)24(34-26(20)14-27-21(8-2)18(5)32(42)36-27)13-25-17(4)22(9-11-30(38)39)28(35-25)15-29-23(10-12-31(40)41)19(6)33(43)37-29/h7-8,14-15,34-35H,1-2,9-13H2,3-6H3,(H,36,42)(H,37,43)(H,38,39)(H,40,41). The van der Waals surface area contributed by atoms with Crippen LogP contribution in [0.15, 0.2) is 52.9 Å². The predicted octanol–water partition coefficient (Wildman–Crippen LogP) is 4.84. The summed E-state index contributed by atoms with van der Waals surface area (Å²) in [6, 6.07) is 0. The topological polar surface area (TPSA) is 164 Å². The van der Waals surface area contributed by atoms with Gasteiger partial charge in [-0.15, -0.1) is 0 Å². The van der Waals surface area contributed by atoms with Crippen LogP contribution in [-0.4, -0.2) is 43.9 Å². The van der Waals surface area contributed by atoms with Crippen LogP contribution in [0.1, 0.15) is 78.1 Å². The molecule has 6 N–H and O–H groups in total. The molecule has 10 heteroatoms. The number of rotatable bonds is 12. The third-order valence-electron chi connectivity index (χ3n) is 8.11. The molecule has 0 aromatic carbocycles. The molecule has 0 aliphatic carbocycles. The Hall–Kier alpha value is -5.12. The first-order valence-corrected chi connectivity index (χ1v) is 13.9. The van der Waals surface area contributed by atoms with Crippen LogP contribution in [0.3, 0.4) is 0 Å². The number of amides is 2. The first-order valence-electron chi connectivity index (χ1n) is 13.9. The highest BCUT2D eigenvalue weighted by Gasteiger charge is 2.26. The first kappa shape index (κ1) is 30.8. The molecule has 0 saturated heterocycles. The van der Waals surface area contributed by atoms with Gasteiger partial charge in [0.2, 0.25) is 0 Å². The van der Waals surface area contributed by atoms with E-state index in [1.54, 1.807) is 32.1 Å². The maximum atomic E-state index is 12.4. The highest BCUT2D eigenvalue weighted by molar-refractivity contribution is 6.02. The van der Waals surface area contributed by atoms with Gasteiger partial charge in [0.25, 0.3) is 11.8 Å². The van der Waals surface area contributed by atoms with E-state index in [4.69, 9.17) is 0 Å². The van der Waals surface area contributed by atoms with Crippen LogP contribution >= 0.6 is 0 Å². The van der Waals surface area contributed by atoms with E-state index in [0.717, 1.165) is 44.9 Å². The number of aromatic nitrogens is 2. The highest BCUT2D eigenvalue weighted by Crippen LogP contribution is 2.32. The van der Waals surface area contributed by atoms with Crippen molar-refractivity contribution < 1.29 is 29.4 Å². The molecule has 2 aromatic rings. The summed E-state index contributed by atoms with van der Waals surface area (Å²) in [6.45, 7) is 15.1. The Balaban J connectivity index is 1.75. The minimum absolute atomic E-state index is 0.0778. The van der Waals surface area contributed by atoms with Gasteiger partial charge in [-0.2, -0.15) is 0 Å². The monoisotopic (exact) mass is 584 g/mol. The largest absolute Gasteiger partial charge is 0.481 e. The van der Waals surface area contributed by atoms with Crippen LogP contribution in [0.2, 0.25) is 0 Å². The molecule has 2 aliphatic heterocycles. The zero-order valence-electron chi connectivity index (χ0n) is 24.8. The van der Waals surface area contributed by atoms with Gasteiger partial charge in [0.05, 0.1) is 5.70 Å². The third kappa shape index (κ3) is 6.23. The van der Waals surface area contributed by atoms with Crippen molar-refractivity contribution >= 4 is 42.0 Å².